The fourth-order valence-electron chi connectivity index (χ4n) is 2.04. The molecule has 0 saturated heterocycles. The van der Waals surface area contributed by atoms with Crippen LogP contribution in [0, 0.1) is 6.08 Å². The number of hydrogen-bond donors (Lipinski definition) is 2. The van der Waals surface area contributed by atoms with Crippen LogP contribution in [0.25, 0.3) is 11.1 Å². The maximum atomic E-state index is 12.8. The Balaban J connectivity index is 0.00000100. The number of aliphatic hydroxyl groups excluding tert-OH is 1. The number of pyridine rings is 1. The van der Waals surface area contributed by atoms with E-state index >= 15 is 0 Å². The summed E-state index contributed by atoms with van der Waals surface area (Å²) in [7, 11) is 0. The van der Waals surface area contributed by atoms with Crippen molar-refractivity contribution in [3.05, 3.63) is 66.6 Å². The highest BCUT2D eigenvalue weighted by Crippen LogP contribution is 2.22. The second-order valence-corrected chi connectivity index (χ2v) is 4.65. The molecule has 0 bridgehead atoms. The van der Waals surface area contributed by atoms with Crippen LogP contribution in [-0.4, -0.2) is 20.1 Å². The van der Waals surface area contributed by atoms with Gasteiger partial charge in [0, 0.05) is 29.8 Å². The molecule has 0 radical (unpaired) electrons. The van der Waals surface area contributed by atoms with E-state index in [0.717, 1.165) is 16.8 Å². The number of benzene rings is 1. The largest absolute Gasteiger partial charge is 0.392 e. The summed E-state index contributed by atoms with van der Waals surface area (Å²) in [6.45, 7) is 3.98. The van der Waals surface area contributed by atoms with Gasteiger partial charge in [-0.15, -0.1) is 0 Å². The van der Waals surface area contributed by atoms with Gasteiger partial charge in [0.2, 0.25) is 0 Å². The predicted octanol–water partition coefficient (Wildman–Crippen LogP) is 3.94. The molecular weight excluding hydrogens is 307 g/mol. The molecule has 3 aromatic rings. The Bertz CT molecular complexity index is 778. The second-order valence-electron chi connectivity index (χ2n) is 4.65. The summed E-state index contributed by atoms with van der Waals surface area (Å²) < 4.78 is 12.8. The normalized spacial score (nSPS) is 9.83. The lowest BCUT2D eigenvalue weighted by molar-refractivity contribution is 0.282. The first kappa shape index (κ1) is 17.5. The average Bonchev–Trinajstić information content (AvgIpc) is 2.64. The molecule has 24 heavy (non-hydrogen) atoms. The van der Waals surface area contributed by atoms with E-state index in [2.05, 4.69) is 20.3 Å². The molecule has 0 fully saturated rings. The van der Waals surface area contributed by atoms with Crippen LogP contribution in [0.2, 0.25) is 0 Å². The summed E-state index contributed by atoms with van der Waals surface area (Å²) >= 11 is 0. The zero-order chi connectivity index (χ0) is 17.4. The Morgan fingerprint density at radius 3 is 2.46 bits per heavy atom. The zero-order valence-electron chi connectivity index (χ0n) is 13.6. The minimum atomic E-state index is -0.753. The van der Waals surface area contributed by atoms with Crippen LogP contribution >= 0.6 is 0 Å². The molecule has 0 amide bonds. The van der Waals surface area contributed by atoms with Gasteiger partial charge in [-0.1, -0.05) is 26.0 Å². The first-order valence-corrected chi connectivity index (χ1v) is 7.65. The van der Waals surface area contributed by atoms with Gasteiger partial charge in [0.25, 0.3) is 0 Å². The lowest BCUT2D eigenvalue weighted by Gasteiger charge is -2.08. The third kappa shape index (κ3) is 4.57. The van der Waals surface area contributed by atoms with Gasteiger partial charge in [-0.25, -0.2) is 15.0 Å². The van der Waals surface area contributed by atoms with E-state index in [1.54, 1.807) is 12.3 Å². The monoisotopic (exact) mass is 326 g/mol. The van der Waals surface area contributed by atoms with Crippen molar-refractivity contribution >= 4 is 11.5 Å². The average molecular weight is 326 g/mol. The fraction of sp³-hybridized carbons (Fsp3) is 0.167. The number of aliphatic hydroxyl groups is 1. The van der Waals surface area contributed by atoms with E-state index in [-0.39, 0.29) is 6.61 Å². The molecule has 0 saturated carbocycles. The molecule has 5 nitrogen and oxygen atoms in total. The second kappa shape index (κ2) is 8.69. The van der Waals surface area contributed by atoms with E-state index in [1.165, 1.54) is 12.4 Å². The highest BCUT2D eigenvalue weighted by molar-refractivity contribution is 5.67. The Labute approximate surface area is 140 Å². The van der Waals surface area contributed by atoms with Crippen molar-refractivity contribution in [2.45, 2.75) is 20.5 Å². The fourth-order valence-corrected chi connectivity index (χ4v) is 2.04. The topological polar surface area (TPSA) is 70.9 Å². The minimum Gasteiger partial charge on any atom is -0.392 e. The molecule has 1 aromatic carbocycles. The molecule has 2 N–H and O–H groups in total. The van der Waals surface area contributed by atoms with E-state index in [4.69, 9.17) is 5.11 Å². The molecule has 0 aliphatic heterocycles. The Kier molecular flexibility index (Phi) is 6.33. The molecule has 0 spiro atoms. The summed E-state index contributed by atoms with van der Waals surface area (Å²) in [6.07, 6.45) is 3.75. The molecule has 0 atom stereocenters. The molecule has 2 heterocycles. The molecule has 0 aliphatic carbocycles. The molecule has 2 aromatic heterocycles. The van der Waals surface area contributed by atoms with E-state index < -0.39 is 6.08 Å². The van der Waals surface area contributed by atoms with Gasteiger partial charge < -0.3 is 10.4 Å². The van der Waals surface area contributed by atoms with Crippen LogP contribution in [0.15, 0.2) is 55.0 Å². The number of hydrogen-bond acceptors (Lipinski definition) is 5. The highest BCUT2D eigenvalue weighted by atomic mass is 19.1. The maximum Gasteiger partial charge on any atom is 0.308 e. The van der Waals surface area contributed by atoms with E-state index in [0.29, 0.717) is 11.4 Å². The van der Waals surface area contributed by atoms with Gasteiger partial charge in [0.05, 0.1) is 6.61 Å². The van der Waals surface area contributed by atoms with Gasteiger partial charge in [0.15, 0.2) is 0 Å². The van der Waals surface area contributed by atoms with Gasteiger partial charge >= 0.3 is 6.08 Å². The van der Waals surface area contributed by atoms with E-state index in [9.17, 15) is 4.39 Å². The summed E-state index contributed by atoms with van der Waals surface area (Å²) in [4.78, 5) is 11.3. The van der Waals surface area contributed by atoms with Crippen molar-refractivity contribution in [1.29, 1.82) is 0 Å². The third-order valence-corrected chi connectivity index (χ3v) is 3.10. The number of aromatic nitrogens is 3. The third-order valence-electron chi connectivity index (χ3n) is 3.10. The Morgan fingerprint density at radius 1 is 1.00 bits per heavy atom. The maximum absolute atomic E-state index is 12.8. The van der Waals surface area contributed by atoms with Crippen LogP contribution in [0.3, 0.4) is 0 Å². The van der Waals surface area contributed by atoms with Crippen molar-refractivity contribution in [2.24, 2.45) is 0 Å². The van der Waals surface area contributed by atoms with Crippen LogP contribution in [0.1, 0.15) is 19.4 Å². The number of halogens is 1. The van der Waals surface area contributed by atoms with Crippen LogP contribution in [0.4, 0.5) is 15.9 Å². The standard InChI is InChI=1S/C16H13FN4O.C2H6/c17-16-19-8-13(9-20-16)12-4-5-18-15(7-12)21-14-3-1-2-11(6-14)10-22;1-2/h1-9,22H,10H2,(H,18,21);1-2H3. The zero-order valence-corrected chi connectivity index (χ0v) is 13.6. The number of nitrogens with zero attached hydrogens (tertiary/aromatic N) is 3. The molecular formula is C18H19FN4O. The highest BCUT2D eigenvalue weighted by Gasteiger charge is 2.03. The molecule has 124 valence electrons. The predicted molar refractivity (Wildman–Crippen MR) is 92.2 cm³/mol. The van der Waals surface area contributed by atoms with Crippen LogP contribution < -0.4 is 5.32 Å². The number of rotatable bonds is 4. The van der Waals surface area contributed by atoms with Gasteiger partial charge in [-0.3, -0.25) is 0 Å². The van der Waals surface area contributed by atoms with Crippen molar-refractivity contribution in [3.8, 4) is 11.1 Å². The Morgan fingerprint density at radius 2 is 1.75 bits per heavy atom. The minimum absolute atomic E-state index is 0.0179. The Hall–Kier alpha value is -2.86. The van der Waals surface area contributed by atoms with Crippen LogP contribution in [-0.2, 0) is 6.61 Å². The van der Waals surface area contributed by atoms with Crippen molar-refractivity contribution < 1.29 is 9.50 Å². The van der Waals surface area contributed by atoms with E-state index in [1.807, 2.05) is 44.2 Å². The summed E-state index contributed by atoms with van der Waals surface area (Å²) in [5.41, 5.74) is 3.17. The SMILES string of the molecule is CC.OCc1cccc(Nc2cc(-c3cnc(F)nc3)ccn2)c1. The lowest BCUT2D eigenvalue weighted by atomic mass is 10.1. The quantitative estimate of drug-likeness (QED) is 0.711. The number of nitrogens with one attached hydrogen (secondary N) is 1. The van der Waals surface area contributed by atoms with Gasteiger partial charge in [0.1, 0.15) is 5.82 Å². The van der Waals surface area contributed by atoms with Crippen molar-refractivity contribution in [3.63, 3.8) is 0 Å². The van der Waals surface area contributed by atoms with Crippen molar-refractivity contribution in [2.75, 3.05) is 5.32 Å². The smallest absolute Gasteiger partial charge is 0.308 e. The summed E-state index contributed by atoms with van der Waals surface area (Å²) in [5.74, 6) is 0.636. The number of anilines is 2. The first-order valence-electron chi connectivity index (χ1n) is 7.65. The summed E-state index contributed by atoms with van der Waals surface area (Å²) in [6, 6.07) is 11.0. The summed E-state index contributed by atoms with van der Waals surface area (Å²) in [5, 5.41) is 12.3. The van der Waals surface area contributed by atoms with Gasteiger partial charge in [-0.2, -0.15) is 4.39 Å². The molecule has 0 unspecified atom stereocenters. The molecule has 6 heteroatoms. The van der Waals surface area contributed by atoms with Crippen LogP contribution in [0.5, 0.6) is 0 Å². The molecule has 3 rings (SSSR count). The van der Waals surface area contributed by atoms with Crippen molar-refractivity contribution in [1.82, 2.24) is 15.0 Å². The lowest BCUT2D eigenvalue weighted by Crippen LogP contribution is -1.95. The van der Waals surface area contributed by atoms with Gasteiger partial charge in [-0.05, 0) is 35.4 Å². The molecule has 0 aliphatic rings. The first-order chi connectivity index (χ1) is 11.7.